The van der Waals surface area contributed by atoms with Crippen LogP contribution in [0.25, 0.3) is 0 Å². The molecule has 0 aliphatic carbocycles. The molecule has 1 aliphatic rings. The molecule has 0 amide bonds. The van der Waals surface area contributed by atoms with Crippen molar-refractivity contribution in [2.45, 2.75) is 30.7 Å². The van der Waals surface area contributed by atoms with Crippen LogP contribution in [0.4, 0.5) is 0 Å². The molecule has 0 aromatic heterocycles. The monoisotopic (exact) mass is 240 g/mol. The molecule has 15 heavy (non-hydrogen) atoms. The van der Waals surface area contributed by atoms with Crippen molar-refractivity contribution < 1.29 is 29.9 Å². The molecule has 1 saturated heterocycles. The Labute approximate surface area is 92.8 Å². The zero-order valence-electron chi connectivity index (χ0n) is 8.06. The van der Waals surface area contributed by atoms with Crippen molar-refractivity contribution in [3.8, 4) is 0 Å². The first-order valence-corrected chi connectivity index (χ1v) is 5.28. The lowest BCUT2D eigenvalue weighted by Crippen LogP contribution is -2.59. The van der Waals surface area contributed by atoms with Crippen LogP contribution >= 0.6 is 12.6 Å². The fourth-order valence-electron chi connectivity index (χ4n) is 1.37. The van der Waals surface area contributed by atoms with Gasteiger partial charge in [0.15, 0.2) is 6.29 Å². The molecule has 90 valence electrons. The van der Waals surface area contributed by atoms with Crippen molar-refractivity contribution in [1.29, 1.82) is 0 Å². The number of thiol groups is 1. The van der Waals surface area contributed by atoms with Crippen LogP contribution < -0.4 is 0 Å². The van der Waals surface area contributed by atoms with Crippen molar-refractivity contribution in [3.05, 3.63) is 0 Å². The second kappa shape index (κ2) is 6.00. The first kappa shape index (κ1) is 13.2. The van der Waals surface area contributed by atoms with Crippen LogP contribution in [-0.2, 0) is 9.47 Å². The number of hydrogen-bond donors (Lipinski definition) is 5. The number of ether oxygens (including phenoxy) is 2. The first-order valence-electron chi connectivity index (χ1n) is 4.64. The molecule has 4 N–H and O–H groups in total. The molecular formula is C8H16O6S. The first-order chi connectivity index (χ1) is 7.11. The molecule has 7 heteroatoms. The zero-order valence-corrected chi connectivity index (χ0v) is 8.96. The van der Waals surface area contributed by atoms with E-state index in [1.165, 1.54) is 0 Å². The van der Waals surface area contributed by atoms with Crippen LogP contribution in [0, 0.1) is 0 Å². The fourth-order valence-corrected chi connectivity index (χ4v) is 1.48. The molecule has 0 bridgehead atoms. The Hall–Kier alpha value is 0.110. The Balaban J connectivity index is 2.57. The summed E-state index contributed by atoms with van der Waals surface area (Å²) >= 11 is 3.91. The van der Waals surface area contributed by atoms with E-state index in [9.17, 15) is 15.3 Å². The summed E-state index contributed by atoms with van der Waals surface area (Å²) in [5, 5.41) is 37.2. The largest absolute Gasteiger partial charge is 0.394 e. The van der Waals surface area contributed by atoms with Gasteiger partial charge in [-0.15, -0.1) is 0 Å². The normalized spacial score (nSPS) is 41.8. The van der Waals surface area contributed by atoms with Gasteiger partial charge in [-0.2, -0.15) is 12.6 Å². The Kier molecular flexibility index (Phi) is 5.27. The van der Waals surface area contributed by atoms with Gasteiger partial charge < -0.3 is 29.9 Å². The van der Waals surface area contributed by atoms with Crippen LogP contribution in [0.3, 0.4) is 0 Å². The predicted octanol–water partition coefficient (Wildman–Crippen LogP) is -2.27. The van der Waals surface area contributed by atoms with Crippen molar-refractivity contribution in [3.63, 3.8) is 0 Å². The molecule has 0 aromatic rings. The molecule has 0 spiro atoms. The maximum Gasteiger partial charge on any atom is 0.186 e. The average molecular weight is 240 g/mol. The fraction of sp³-hybridized carbons (Fsp3) is 1.00. The smallest absolute Gasteiger partial charge is 0.186 e. The van der Waals surface area contributed by atoms with Crippen LogP contribution in [0.1, 0.15) is 0 Å². The minimum absolute atomic E-state index is 0.242. The minimum atomic E-state index is -1.39. The number of rotatable bonds is 4. The second-order valence-electron chi connectivity index (χ2n) is 3.29. The van der Waals surface area contributed by atoms with E-state index in [2.05, 4.69) is 12.6 Å². The van der Waals surface area contributed by atoms with Gasteiger partial charge in [-0.25, -0.2) is 0 Å². The Morgan fingerprint density at radius 3 is 2.33 bits per heavy atom. The zero-order chi connectivity index (χ0) is 11.4. The lowest BCUT2D eigenvalue weighted by atomic mass is 9.99. The van der Waals surface area contributed by atoms with E-state index in [0.717, 1.165) is 0 Å². The predicted molar refractivity (Wildman–Crippen MR) is 53.6 cm³/mol. The molecule has 1 aliphatic heterocycles. The molecule has 0 aromatic carbocycles. The van der Waals surface area contributed by atoms with Crippen molar-refractivity contribution in [2.24, 2.45) is 0 Å². The Bertz CT molecular complexity index is 190. The summed E-state index contributed by atoms with van der Waals surface area (Å²) in [5.74, 6) is 0.440. The summed E-state index contributed by atoms with van der Waals surface area (Å²) in [6.45, 7) is -0.211. The number of aliphatic hydroxyl groups is 4. The molecule has 2 unspecified atom stereocenters. The van der Waals surface area contributed by atoms with Gasteiger partial charge in [-0.3, -0.25) is 0 Å². The van der Waals surface area contributed by atoms with Gasteiger partial charge in [0.1, 0.15) is 24.4 Å². The van der Waals surface area contributed by atoms with E-state index >= 15 is 0 Å². The van der Waals surface area contributed by atoms with Crippen molar-refractivity contribution in [1.82, 2.24) is 0 Å². The van der Waals surface area contributed by atoms with Gasteiger partial charge in [0, 0.05) is 5.75 Å². The van der Waals surface area contributed by atoms with Gasteiger partial charge in [-0.05, 0) is 0 Å². The maximum absolute atomic E-state index is 9.48. The van der Waals surface area contributed by atoms with E-state index in [-0.39, 0.29) is 6.61 Å². The van der Waals surface area contributed by atoms with E-state index in [1.54, 1.807) is 0 Å². The van der Waals surface area contributed by atoms with Crippen LogP contribution in [0.2, 0.25) is 0 Å². The van der Waals surface area contributed by atoms with Gasteiger partial charge >= 0.3 is 0 Å². The van der Waals surface area contributed by atoms with Crippen LogP contribution in [-0.4, -0.2) is 70.1 Å². The summed E-state index contributed by atoms with van der Waals surface area (Å²) in [7, 11) is 0. The van der Waals surface area contributed by atoms with E-state index in [0.29, 0.717) is 5.75 Å². The molecule has 0 saturated carbocycles. The van der Waals surface area contributed by atoms with E-state index in [4.69, 9.17) is 14.6 Å². The summed E-state index contributed by atoms with van der Waals surface area (Å²) in [4.78, 5) is 0. The lowest BCUT2D eigenvalue weighted by Gasteiger charge is -2.39. The van der Waals surface area contributed by atoms with E-state index < -0.39 is 37.3 Å². The Morgan fingerprint density at radius 2 is 1.80 bits per heavy atom. The van der Waals surface area contributed by atoms with Crippen molar-refractivity contribution >= 4 is 12.6 Å². The highest BCUT2D eigenvalue weighted by Crippen LogP contribution is 2.21. The molecule has 6 nitrogen and oxygen atoms in total. The van der Waals surface area contributed by atoms with Gasteiger partial charge in [0.05, 0.1) is 13.2 Å². The molecule has 5 atom stereocenters. The Morgan fingerprint density at radius 1 is 1.13 bits per heavy atom. The maximum atomic E-state index is 9.48. The summed E-state index contributed by atoms with van der Waals surface area (Å²) in [6.07, 6.45) is -6.04. The third kappa shape index (κ3) is 3.04. The minimum Gasteiger partial charge on any atom is -0.394 e. The summed E-state index contributed by atoms with van der Waals surface area (Å²) in [5.41, 5.74) is 0. The highest BCUT2D eigenvalue weighted by molar-refractivity contribution is 7.80. The molecule has 0 radical (unpaired) electrons. The summed E-state index contributed by atoms with van der Waals surface area (Å²) < 4.78 is 10.1. The van der Waals surface area contributed by atoms with Crippen LogP contribution in [0.5, 0.6) is 0 Å². The van der Waals surface area contributed by atoms with E-state index in [1.807, 2.05) is 0 Å². The lowest BCUT2D eigenvalue weighted by molar-refractivity contribution is -0.299. The third-order valence-electron chi connectivity index (χ3n) is 2.22. The molecule has 1 heterocycles. The van der Waals surface area contributed by atoms with Gasteiger partial charge in [0.25, 0.3) is 0 Å². The molecule has 1 rings (SSSR count). The third-order valence-corrected chi connectivity index (χ3v) is 2.40. The molecule has 1 fully saturated rings. The quantitative estimate of drug-likeness (QED) is 0.355. The second-order valence-corrected chi connectivity index (χ2v) is 3.74. The SMILES string of the molecule is OCC1O[C@H](OCCS)[C@H](O)C(O)[C@@H]1O. The van der Waals surface area contributed by atoms with Gasteiger partial charge in [0.2, 0.25) is 0 Å². The summed E-state index contributed by atoms with van der Waals surface area (Å²) in [6, 6.07) is 0. The standard InChI is InChI=1S/C8H16O6S/c9-3-4-5(10)6(11)7(12)8(14-4)13-1-2-15/h4-12,15H,1-3H2/t4?,5-,6?,7-,8+/m1/s1. The molecular weight excluding hydrogens is 224 g/mol. The number of hydrogen-bond acceptors (Lipinski definition) is 7. The topological polar surface area (TPSA) is 99.4 Å². The average Bonchev–Trinajstić information content (AvgIpc) is 2.25. The highest BCUT2D eigenvalue weighted by atomic mass is 32.1. The highest BCUT2D eigenvalue weighted by Gasteiger charge is 2.43. The van der Waals surface area contributed by atoms with Gasteiger partial charge in [-0.1, -0.05) is 0 Å². The van der Waals surface area contributed by atoms with Crippen molar-refractivity contribution in [2.75, 3.05) is 19.0 Å². The van der Waals surface area contributed by atoms with Crippen LogP contribution in [0.15, 0.2) is 0 Å². The number of aliphatic hydroxyl groups excluding tert-OH is 4.